The van der Waals surface area contributed by atoms with E-state index in [9.17, 15) is 8.78 Å². The summed E-state index contributed by atoms with van der Waals surface area (Å²) in [5.41, 5.74) is 3.00. The van der Waals surface area contributed by atoms with Gasteiger partial charge in [0.25, 0.3) is 0 Å². The molecule has 1 atom stereocenters. The largest absolute Gasteiger partial charge is 0.271 e. The Morgan fingerprint density at radius 1 is 1.44 bits per heavy atom. The normalized spacial score (nSPS) is 12.7. The summed E-state index contributed by atoms with van der Waals surface area (Å²) in [5, 5.41) is 5.51. The third-order valence-electron chi connectivity index (χ3n) is 2.48. The lowest BCUT2D eigenvalue weighted by molar-refractivity contribution is 0.490. The monoisotopic (exact) mass is 334 g/mol. The molecule has 4 nitrogen and oxygen atoms in total. The Balaban J connectivity index is 2.30. The van der Waals surface area contributed by atoms with Crippen LogP contribution < -0.4 is 11.3 Å². The van der Waals surface area contributed by atoms with Crippen molar-refractivity contribution in [1.29, 1.82) is 0 Å². The van der Waals surface area contributed by atoms with E-state index in [0.29, 0.717) is 5.69 Å². The van der Waals surface area contributed by atoms with Crippen molar-refractivity contribution in [1.82, 2.24) is 15.0 Å². The summed E-state index contributed by atoms with van der Waals surface area (Å²) in [6.07, 6.45) is 0.0546. The first-order valence-corrected chi connectivity index (χ1v) is 6.62. The predicted octanol–water partition coefficient (Wildman–Crippen LogP) is 2.33. The first-order valence-electron chi connectivity index (χ1n) is 4.99. The fraction of sp³-hybridized carbons (Fsp3) is 0.200. The van der Waals surface area contributed by atoms with E-state index < -0.39 is 17.7 Å². The number of nitrogens with one attached hydrogen (secondary N) is 1. The van der Waals surface area contributed by atoms with Crippen LogP contribution in [0.3, 0.4) is 0 Å². The number of hydrogen-bond acceptors (Lipinski definition) is 5. The second-order valence-corrected chi connectivity index (χ2v) is 5.04. The fourth-order valence-electron chi connectivity index (χ4n) is 1.53. The van der Waals surface area contributed by atoms with Gasteiger partial charge in [-0.1, -0.05) is 4.49 Å². The second-order valence-electron chi connectivity index (χ2n) is 3.57. The number of rotatable bonds is 4. The fourth-order valence-corrected chi connectivity index (χ4v) is 2.41. The smallest absolute Gasteiger partial charge is 0.143 e. The lowest BCUT2D eigenvalue weighted by Crippen LogP contribution is -2.30. The van der Waals surface area contributed by atoms with Gasteiger partial charge in [0, 0.05) is 17.4 Å². The summed E-state index contributed by atoms with van der Waals surface area (Å²) >= 11 is 4.17. The summed E-state index contributed by atoms with van der Waals surface area (Å²) in [7, 11) is 0. The molecule has 2 rings (SSSR count). The van der Waals surface area contributed by atoms with Crippen molar-refractivity contribution in [2.45, 2.75) is 12.5 Å². The van der Waals surface area contributed by atoms with Gasteiger partial charge in [0.05, 0.1) is 16.2 Å². The molecule has 0 fully saturated rings. The Morgan fingerprint density at radius 2 is 2.22 bits per heavy atom. The van der Waals surface area contributed by atoms with Crippen LogP contribution in [-0.4, -0.2) is 9.59 Å². The topological polar surface area (TPSA) is 63.8 Å². The summed E-state index contributed by atoms with van der Waals surface area (Å²) < 4.78 is 31.3. The number of nitrogens with zero attached hydrogens (tertiary/aromatic N) is 2. The number of halogens is 3. The molecule has 0 saturated heterocycles. The number of benzene rings is 1. The molecule has 0 amide bonds. The van der Waals surface area contributed by atoms with Crippen LogP contribution in [0.15, 0.2) is 22.0 Å². The van der Waals surface area contributed by atoms with E-state index in [4.69, 9.17) is 5.84 Å². The van der Waals surface area contributed by atoms with Gasteiger partial charge in [-0.05, 0) is 39.6 Å². The van der Waals surface area contributed by atoms with E-state index in [-0.39, 0.29) is 16.5 Å². The van der Waals surface area contributed by atoms with Gasteiger partial charge in [-0.15, -0.1) is 5.10 Å². The molecule has 1 aromatic heterocycles. The Morgan fingerprint density at radius 3 is 2.83 bits per heavy atom. The lowest BCUT2D eigenvalue weighted by Gasteiger charge is -2.14. The average Bonchev–Trinajstić information content (AvgIpc) is 2.88. The first kappa shape index (κ1) is 13.5. The predicted molar refractivity (Wildman–Crippen MR) is 67.7 cm³/mol. The van der Waals surface area contributed by atoms with Gasteiger partial charge in [-0.25, -0.2) is 8.78 Å². The molecule has 0 aliphatic carbocycles. The van der Waals surface area contributed by atoms with E-state index >= 15 is 0 Å². The maximum atomic E-state index is 13.8. The van der Waals surface area contributed by atoms with E-state index in [0.717, 1.165) is 11.5 Å². The van der Waals surface area contributed by atoms with E-state index in [2.05, 4.69) is 30.9 Å². The third kappa shape index (κ3) is 2.72. The Kier molecular flexibility index (Phi) is 4.33. The molecule has 0 bridgehead atoms. The van der Waals surface area contributed by atoms with Crippen LogP contribution in [0.5, 0.6) is 0 Å². The van der Waals surface area contributed by atoms with Gasteiger partial charge in [0.15, 0.2) is 0 Å². The number of aromatic nitrogens is 2. The van der Waals surface area contributed by atoms with Crippen molar-refractivity contribution in [3.05, 3.63) is 44.9 Å². The molecule has 0 aliphatic heterocycles. The van der Waals surface area contributed by atoms with Crippen LogP contribution in [-0.2, 0) is 6.42 Å². The molecule has 1 aromatic carbocycles. The molecule has 2 aromatic rings. The van der Waals surface area contributed by atoms with Gasteiger partial charge >= 0.3 is 0 Å². The van der Waals surface area contributed by atoms with Crippen LogP contribution in [0.1, 0.15) is 17.3 Å². The molecule has 8 heteroatoms. The van der Waals surface area contributed by atoms with Crippen molar-refractivity contribution >= 4 is 27.5 Å². The Labute approximate surface area is 114 Å². The molecule has 0 aliphatic rings. The number of hydrogen-bond donors (Lipinski definition) is 2. The molecule has 0 saturated carbocycles. The molecule has 0 spiro atoms. The molecular weight excluding hydrogens is 326 g/mol. The van der Waals surface area contributed by atoms with Crippen molar-refractivity contribution in [3.8, 4) is 0 Å². The highest BCUT2D eigenvalue weighted by molar-refractivity contribution is 9.10. The maximum Gasteiger partial charge on any atom is 0.143 e. The summed E-state index contributed by atoms with van der Waals surface area (Å²) in [5.74, 6) is 4.14. The molecule has 1 unspecified atom stereocenters. The highest BCUT2D eigenvalue weighted by Gasteiger charge is 2.20. The molecule has 3 N–H and O–H groups in total. The average molecular weight is 335 g/mol. The molecule has 1 heterocycles. The zero-order valence-electron chi connectivity index (χ0n) is 9.03. The number of hydrazine groups is 1. The van der Waals surface area contributed by atoms with Gasteiger partial charge in [0.2, 0.25) is 0 Å². The van der Waals surface area contributed by atoms with E-state index in [1.807, 2.05) is 0 Å². The quantitative estimate of drug-likeness (QED) is 0.511. The number of nitrogens with two attached hydrogens (primary N) is 1. The minimum absolute atomic E-state index is 0.0414. The summed E-state index contributed by atoms with van der Waals surface area (Å²) in [6.45, 7) is 0. The van der Waals surface area contributed by atoms with Crippen molar-refractivity contribution < 1.29 is 8.78 Å². The summed E-state index contributed by atoms with van der Waals surface area (Å²) in [6, 6.07) is 2.04. The lowest BCUT2D eigenvalue weighted by atomic mass is 10.0. The third-order valence-corrected chi connectivity index (χ3v) is 3.62. The van der Waals surface area contributed by atoms with Crippen LogP contribution in [0.25, 0.3) is 0 Å². The van der Waals surface area contributed by atoms with Crippen molar-refractivity contribution in [2.24, 2.45) is 5.84 Å². The zero-order valence-corrected chi connectivity index (χ0v) is 11.4. The first-order chi connectivity index (χ1) is 8.63. The van der Waals surface area contributed by atoms with Gasteiger partial charge in [-0.2, -0.15) is 0 Å². The van der Waals surface area contributed by atoms with E-state index in [1.165, 1.54) is 12.1 Å². The maximum absolute atomic E-state index is 13.8. The SMILES string of the molecule is NNC(Cc1c(F)ccc(Br)c1F)c1csnn1. The Hall–Kier alpha value is -0.960. The van der Waals surface area contributed by atoms with Crippen LogP contribution in [0.4, 0.5) is 8.78 Å². The minimum atomic E-state index is -0.626. The molecule has 18 heavy (non-hydrogen) atoms. The summed E-state index contributed by atoms with van der Waals surface area (Å²) in [4.78, 5) is 0. The Bertz CT molecular complexity index is 535. The van der Waals surface area contributed by atoms with Crippen LogP contribution in [0, 0.1) is 11.6 Å². The minimum Gasteiger partial charge on any atom is -0.271 e. The molecule has 0 radical (unpaired) electrons. The van der Waals surface area contributed by atoms with Gasteiger partial charge in [-0.3, -0.25) is 11.3 Å². The highest BCUT2D eigenvalue weighted by atomic mass is 79.9. The van der Waals surface area contributed by atoms with Crippen molar-refractivity contribution in [3.63, 3.8) is 0 Å². The highest BCUT2D eigenvalue weighted by Crippen LogP contribution is 2.25. The standard InChI is InChI=1S/C10H9BrF2N4S/c11-6-1-2-7(12)5(10(6)13)3-8(15-14)9-4-18-17-16-9/h1-2,4,8,15H,3,14H2. The van der Waals surface area contributed by atoms with Crippen LogP contribution in [0.2, 0.25) is 0 Å². The molecule has 96 valence electrons. The second kappa shape index (κ2) is 5.79. The van der Waals surface area contributed by atoms with Gasteiger partial charge in [0.1, 0.15) is 11.6 Å². The van der Waals surface area contributed by atoms with Gasteiger partial charge < -0.3 is 0 Å². The van der Waals surface area contributed by atoms with E-state index in [1.54, 1.807) is 5.38 Å². The zero-order chi connectivity index (χ0) is 13.1. The van der Waals surface area contributed by atoms with Crippen molar-refractivity contribution in [2.75, 3.05) is 0 Å². The molecular formula is C10H9BrF2N4S. The van der Waals surface area contributed by atoms with Crippen LogP contribution >= 0.6 is 27.5 Å².